The van der Waals surface area contributed by atoms with E-state index in [-0.39, 0.29) is 12.3 Å². The molecule has 6 heteroatoms. The van der Waals surface area contributed by atoms with E-state index in [1.54, 1.807) is 13.3 Å². The van der Waals surface area contributed by atoms with Gasteiger partial charge in [0.1, 0.15) is 5.75 Å². The van der Waals surface area contributed by atoms with Crippen molar-refractivity contribution in [3.63, 3.8) is 0 Å². The van der Waals surface area contributed by atoms with Crippen molar-refractivity contribution in [2.75, 3.05) is 31.8 Å². The number of benzene rings is 2. The normalized spacial score (nSPS) is 15.8. The van der Waals surface area contributed by atoms with Crippen molar-refractivity contribution in [3.05, 3.63) is 77.6 Å². The third kappa shape index (κ3) is 5.71. The van der Waals surface area contributed by atoms with Crippen molar-refractivity contribution in [2.45, 2.75) is 32.9 Å². The summed E-state index contributed by atoms with van der Waals surface area (Å²) in [5.41, 5.74) is 6.07. The topological polar surface area (TPSA) is 63.7 Å². The summed E-state index contributed by atoms with van der Waals surface area (Å²) in [6, 6.07) is 18.6. The number of morpholine rings is 1. The van der Waals surface area contributed by atoms with Crippen LogP contribution in [0.1, 0.15) is 23.7 Å². The van der Waals surface area contributed by atoms with Crippen molar-refractivity contribution in [1.82, 2.24) is 10.3 Å². The van der Waals surface area contributed by atoms with Crippen molar-refractivity contribution in [3.8, 4) is 16.9 Å². The van der Waals surface area contributed by atoms with Crippen LogP contribution in [0.4, 0.5) is 5.69 Å². The van der Waals surface area contributed by atoms with E-state index in [1.807, 2.05) is 37.3 Å². The van der Waals surface area contributed by atoms with E-state index in [1.165, 1.54) is 5.56 Å². The number of ether oxygens (including phenoxy) is 2. The molecule has 4 rings (SSSR count). The van der Waals surface area contributed by atoms with Crippen LogP contribution in [-0.2, 0) is 22.5 Å². The van der Waals surface area contributed by atoms with Gasteiger partial charge in [0.25, 0.3) is 0 Å². The highest BCUT2D eigenvalue weighted by Gasteiger charge is 2.20. The van der Waals surface area contributed by atoms with Crippen LogP contribution in [0.15, 0.2) is 60.8 Å². The average molecular weight is 446 g/mol. The fourth-order valence-electron chi connectivity index (χ4n) is 4.15. The molecule has 1 atom stereocenters. The minimum atomic E-state index is -0.0432. The summed E-state index contributed by atoms with van der Waals surface area (Å²) in [4.78, 5) is 19.2. The molecule has 1 amide bonds. The summed E-state index contributed by atoms with van der Waals surface area (Å²) < 4.78 is 11.2. The highest BCUT2D eigenvalue weighted by atomic mass is 16.5. The lowest BCUT2D eigenvalue weighted by molar-refractivity contribution is -0.120. The van der Waals surface area contributed by atoms with Gasteiger partial charge < -0.3 is 19.7 Å². The second kappa shape index (κ2) is 10.5. The summed E-state index contributed by atoms with van der Waals surface area (Å²) in [6.45, 7) is 7.06. The van der Waals surface area contributed by atoms with E-state index in [9.17, 15) is 4.79 Å². The number of aryl methyl sites for hydroxylation is 1. The van der Waals surface area contributed by atoms with Gasteiger partial charge in [-0.2, -0.15) is 0 Å². The molecule has 0 spiro atoms. The lowest BCUT2D eigenvalue weighted by Crippen LogP contribution is -2.43. The highest BCUT2D eigenvalue weighted by molar-refractivity contribution is 5.78. The second-order valence-electron chi connectivity index (χ2n) is 8.48. The van der Waals surface area contributed by atoms with Crippen LogP contribution in [0, 0.1) is 6.92 Å². The number of rotatable bonds is 7. The summed E-state index contributed by atoms with van der Waals surface area (Å²) in [7, 11) is 1.69. The predicted molar refractivity (Wildman–Crippen MR) is 131 cm³/mol. The van der Waals surface area contributed by atoms with Crippen molar-refractivity contribution in [2.24, 2.45) is 0 Å². The molecule has 172 valence electrons. The molecular formula is C27H31N3O3. The zero-order chi connectivity index (χ0) is 23.2. The van der Waals surface area contributed by atoms with E-state index in [0.717, 1.165) is 53.6 Å². The van der Waals surface area contributed by atoms with Crippen LogP contribution in [0.25, 0.3) is 11.1 Å². The van der Waals surface area contributed by atoms with Crippen LogP contribution in [0.2, 0.25) is 0 Å². The number of hydrogen-bond donors (Lipinski definition) is 1. The van der Waals surface area contributed by atoms with Gasteiger partial charge >= 0.3 is 0 Å². The third-order valence-electron chi connectivity index (χ3n) is 5.93. The Hall–Kier alpha value is -3.38. The van der Waals surface area contributed by atoms with Gasteiger partial charge in [-0.3, -0.25) is 9.78 Å². The first-order valence-electron chi connectivity index (χ1n) is 11.3. The maximum atomic E-state index is 12.4. The van der Waals surface area contributed by atoms with Gasteiger partial charge in [0.15, 0.2) is 0 Å². The predicted octanol–water partition coefficient (Wildman–Crippen LogP) is 4.15. The van der Waals surface area contributed by atoms with Gasteiger partial charge in [0.2, 0.25) is 5.91 Å². The Morgan fingerprint density at radius 2 is 2.09 bits per heavy atom. The molecule has 6 nitrogen and oxygen atoms in total. The van der Waals surface area contributed by atoms with E-state index in [0.29, 0.717) is 12.6 Å². The molecule has 0 radical (unpaired) electrons. The molecule has 0 aliphatic carbocycles. The smallest absolute Gasteiger partial charge is 0.226 e. The minimum absolute atomic E-state index is 0.0432. The van der Waals surface area contributed by atoms with E-state index in [2.05, 4.69) is 46.4 Å². The van der Waals surface area contributed by atoms with E-state index in [4.69, 9.17) is 9.47 Å². The van der Waals surface area contributed by atoms with Crippen LogP contribution < -0.4 is 15.0 Å². The molecule has 33 heavy (non-hydrogen) atoms. The summed E-state index contributed by atoms with van der Waals surface area (Å²) in [5, 5.41) is 2.97. The fourth-order valence-corrected chi connectivity index (χ4v) is 4.15. The number of methoxy groups -OCH3 is 1. The number of nitrogens with one attached hydrogen (secondary N) is 1. The zero-order valence-electron chi connectivity index (χ0n) is 19.5. The quantitative estimate of drug-likeness (QED) is 0.592. The van der Waals surface area contributed by atoms with Gasteiger partial charge in [0, 0.05) is 53.9 Å². The van der Waals surface area contributed by atoms with Crippen LogP contribution in [0.3, 0.4) is 0 Å². The van der Waals surface area contributed by atoms with Gasteiger partial charge in [0.05, 0.1) is 26.7 Å². The third-order valence-corrected chi connectivity index (χ3v) is 5.93. The number of amides is 1. The van der Waals surface area contributed by atoms with Gasteiger partial charge in [-0.05, 0) is 37.6 Å². The number of nitrogens with zero attached hydrogens (tertiary/aromatic N) is 2. The molecule has 0 saturated carbocycles. The second-order valence-corrected chi connectivity index (χ2v) is 8.48. The van der Waals surface area contributed by atoms with Gasteiger partial charge in [-0.1, -0.05) is 35.9 Å². The van der Waals surface area contributed by atoms with Gasteiger partial charge in [-0.15, -0.1) is 0 Å². The Morgan fingerprint density at radius 3 is 2.82 bits per heavy atom. The fraction of sp³-hybridized carbons (Fsp3) is 0.333. The van der Waals surface area contributed by atoms with Crippen LogP contribution in [-0.4, -0.2) is 43.8 Å². The molecule has 1 fully saturated rings. The van der Waals surface area contributed by atoms with Crippen molar-refractivity contribution in [1.29, 1.82) is 0 Å². The van der Waals surface area contributed by atoms with E-state index >= 15 is 0 Å². The Balaban J connectivity index is 1.41. The maximum Gasteiger partial charge on any atom is 0.226 e. The summed E-state index contributed by atoms with van der Waals surface area (Å²) in [5.74, 6) is 0.759. The molecule has 1 aliphatic rings. The molecule has 1 saturated heterocycles. The molecular weight excluding hydrogens is 414 g/mol. The monoisotopic (exact) mass is 445 g/mol. The number of pyridine rings is 1. The number of hydrogen-bond acceptors (Lipinski definition) is 5. The number of anilines is 1. The summed E-state index contributed by atoms with van der Waals surface area (Å²) in [6.07, 6.45) is 2.05. The standard InChI is InChI=1S/C27H31N3O3/c1-19-5-4-6-21(13-19)16-29-27(31)14-23-8-7-22(17-28-23)25-10-9-24(15-26(25)32-3)30-11-12-33-18-20(30)2/h4-10,13,15,17,20H,11-12,14,16,18H2,1-3H3,(H,29,31)/t20-/m0/s1. The minimum Gasteiger partial charge on any atom is -0.496 e. The zero-order valence-corrected chi connectivity index (χ0v) is 19.5. The molecule has 1 aliphatic heterocycles. The van der Waals surface area contributed by atoms with Crippen molar-refractivity contribution < 1.29 is 14.3 Å². The molecule has 3 aromatic rings. The summed E-state index contributed by atoms with van der Waals surface area (Å²) >= 11 is 0. The van der Waals surface area contributed by atoms with E-state index < -0.39 is 0 Å². The first-order chi connectivity index (χ1) is 16.0. The maximum absolute atomic E-state index is 12.4. The molecule has 0 bridgehead atoms. The first-order valence-corrected chi connectivity index (χ1v) is 11.3. The number of carbonyl (C=O) groups is 1. The highest BCUT2D eigenvalue weighted by Crippen LogP contribution is 2.34. The Bertz CT molecular complexity index is 1100. The Kier molecular flexibility index (Phi) is 7.25. The number of aromatic nitrogens is 1. The Morgan fingerprint density at radius 1 is 1.21 bits per heavy atom. The van der Waals surface area contributed by atoms with Crippen LogP contribution >= 0.6 is 0 Å². The number of carbonyl (C=O) groups excluding carboxylic acids is 1. The average Bonchev–Trinajstić information content (AvgIpc) is 2.83. The SMILES string of the molecule is COc1cc(N2CCOC[C@@H]2C)ccc1-c1ccc(CC(=O)NCc2cccc(C)c2)nc1. The Labute approximate surface area is 195 Å². The van der Waals surface area contributed by atoms with Crippen molar-refractivity contribution >= 4 is 11.6 Å². The molecule has 1 N–H and O–H groups in total. The molecule has 0 unspecified atom stereocenters. The van der Waals surface area contributed by atoms with Gasteiger partial charge in [-0.25, -0.2) is 0 Å². The molecule has 2 heterocycles. The first kappa shape index (κ1) is 22.8. The lowest BCUT2D eigenvalue weighted by atomic mass is 10.0. The van der Waals surface area contributed by atoms with Crippen LogP contribution in [0.5, 0.6) is 5.75 Å². The largest absolute Gasteiger partial charge is 0.496 e. The lowest BCUT2D eigenvalue weighted by Gasteiger charge is -2.35. The molecule has 2 aromatic carbocycles. The molecule has 1 aromatic heterocycles.